The van der Waals surface area contributed by atoms with Gasteiger partial charge in [-0.1, -0.05) is 11.6 Å². The Morgan fingerprint density at radius 3 is 2.90 bits per heavy atom. The Hall–Kier alpha value is -2.64. The quantitative estimate of drug-likeness (QED) is 0.505. The summed E-state index contributed by atoms with van der Waals surface area (Å²) in [5.41, 5.74) is 1.73. The second-order valence-corrected chi connectivity index (χ2v) is 7.84. The number of hydrogen-bond acceptors (Lipinski definition) is 4. The van der Waals surface area contributed by atoms with Gasteiger partial charge < -0.3 is 19.9 Å². The molecule has 3 aromatic rings. The number of nitrogens with zero attached hydrogens (tertiary/aromatic N) is 2. The predicted octanol–water partition coefficient (Wildman–Crippen LogP) is 3.91. The summed E-state index contributed by atoms with van der Waals surface area (Å²) in [6.07, 6.45) is 2.30. The zero-order valence-electron chi connectivity index (χ0n) is 16.5. The van der Waals surface area contributed by atoms with E-state index in [1.54, 1.807) is 12.1 Å². The Bertz CT molecular complexity index is 1010. The van der Waals surface area contributed by atoms with E-state index in [1.165, 1.54) is 12.1 Å². The molecule has 0 saturated carbocycles. The van der Waals surface area contributed by atoms with Gasteiger partial charge in [0, 0.05) is 24.0 Å². The number of rotatable bonds is 9. The highest BCUT2D eigenvalue weighted by Gasteiger charge is 2.31. The molecule has 6 nitrogen and oxygen atoms in total. The number of carbonyl (C=O) groups is 1. The molecular formula is C22H24ClFN4O2. The van der Waals surface area contributed by atoms with Gasteiger partial charge in [0.05, 0.1) is 17.6 Å². The van der Waals surface area contributed by atoms with E-state index in [9.17, 15) is 9.18 Å². The molecule has 4 rings (SSSR count). The number of benzene rings is 2. The van der Waals surface area contributed by atoms with Gasteiger partial charge >= 0.3 is 0 Å². The highest BCUT2D eigenvalue weighted by Crippen LogP contribution is 2.24. The Balaban J connectivity index is 1.23. The molecule has 0 radical (unpaired) electrons. The van der Waals surface area contributed by atoms with Crippen LogP contribution in [-0.4, -0.2) is 46.5 Å². The van der Waals surface area contributed by atoms with E-state index in [2.05, 4.69) is 15.3 Å². The number of halogens is 2. The highest BCUT2D eigenvalue weighted by molar-refractivity contribution is 6.31. The van der Waals surface area contributed by atoms with Crippen molar-refractivity contribution in [1.29, 1.82) is 0 Å². The number of likely N-dealkylation sites (tertiary alicyclic amines) is 1. The van der Waals surface area contributed by atoms with Gasteiger partial charge in [0.15, 0.2) is 0 Å². The number of nitrogens with one attached hydrogen (secondary N) is 2. The van der Waals surface area contributed by atoms with E-state index in [0.717, 1.165) is 36.2 Å². The standard InChI is InChI=1S/C22H24ClFN4O2/c23-15-1-7-19-20(13-15)27-21(26-19)14-28-17(4-8-22(28)29)9-10-25-11-12-30-18-5-2-16(24)3-6-18/h1-3,5-7,13,17,25H,4,8-12,14H2,(H,26,27). The van der Waals surface area contributed by atoms with Crippen LogP contribution in [0.25, 0.3) is 11.0 Å². The zero-order valence-corrected chi connectivity index (χ0v) is 17.3. The van der Waals surface area contributed by atoms with Gasteiger partial charge in [-0.2, -0.15) is 0 Å². The van der Waals surface area contributed by atoms with Gasteiger partial charge in [0.2, 0.25) is 5.91 Å². The molecule has 30 heavy (non-hydrogen) atoms. The predicted molar refractivity (Wildman–Crippen MR) is 114 cm³/mol. The van der Waals surface area contributed by atoms with Crippen molar-refractivity contribution < 1.29 is 13.9 Å². The number of ether oxygens (including phenoxy) is 1. The average molecular weight is 431 g/mol. The van der Waals surface area contributed by atoms with Crippen molar-refractivity contribution in [2.24, 2.45) is 0 Å². The van der Waals surface area contributed by atoms with Gasteiger partial charge in [-0.3, -0.25) is 4.79 Å². The van der Waals surface area contributed by atoms with E-state index in [-0.39, 0.29) is 17.8 Å². The van der Waals surface area contributed by atoms with Crippen LogP contribution in [0.2, 0.25) is 5.02 Å². The summed E-state index contributed by atoms with van der Waals surface area (Å²) in [6, 6.07) is 11.7. The fourth-order valence-electron chi connectivity index (χ4n) is 3.75. The summed E-state index contributed by atoms with van der Waals surface area (Å²) in [6.45, 7) is 2.45. The number of carbonyl (C=O) groups excluding carboxylic acids is 1. The van der Waals surface area contributed by atoms with Crippen LogP contribution in [0.1, 0.15) is 25.1 Å². The van der Waals surface area contributed by atoms with Crippen LogP contribution in [-0.2, 0) is 11.3 Å². The van der Waals surface area contributed by atoms with Crippen molar-refractivity contribution in [2.45, 2.75) is 31.8 Å². The van der Waals surface area contributed by atoms with E-state index in [4.69, 9.17) is 16.3 Å². The summed E-state index contributed by atoms with van der Waals surface area (Å²) in [7, 11) is 0. The monoisotopic (exact) mass is 430 g/mol. The summed E-state index contributed by atoms with van der Waals surface area (Å²) in [5, 5.41) is 4.00. The lowest BCUT2D eigenvalue weighted by Gasteiger charge is -2.24. The number of H-pyrrole nitrogens is 1. The molecular weight excluding hydrogens is 407 g/mol. The molecule has 1 fully saturated rings. The average Bonchev–Trinajstić information content (AvgIpc) is 3.29. The van der Waals surface area contributed by atoms with Crippen molar-refractivity contribution in [3.8, 4) is 5.75 Å². The summed E-state index contributed by atoms with van der Waals surface area (Å²) in [5.74, 6) is 1.31. The van der Waals surface area contributed by atoms with Crippen molar-refractivity contribution in [1.82, 2.24) is 20.2 Å². The topological polar surface area (TPSA) is 70.2 Å². The number of aromatic amines is 1. The fraction of sp³-hybridized carbons (Fsp3) is 0.364. The van der Waals surface area contributed by atoms with Gasteiger partial charge in [-0.15, -0.1) is 0 Å². The summed E-state index contributed by atoms with van der Waals surface area (Å²) < 4.78 is 18.5. The largest absolute Gasteiger partial charge is 0.492 e. The molecule has 8 heteroatoms. The maximum absolute atomic E-state index is 12.9. The van der Waals surface area contributed by atoms with Crippen LogP contribution in [0, 0.1) is 5.82 Å². The molecule has 2 N–H and O–H groups in total. The van der Waals surface area contributed by atoms with Crippen molar-refractivity contribution in [2.75, 3.05) is 19.7 Å². The minimum absolute atomic E-state index is 0.165. The van der Waals surface area contributed by atoms with E-state index in [1.807, 2.05) is 23.1 Å². The Labute approximate surface area is 179 Å². The van der Waals surface area contributed by atoms with E-state index < -0.39 is 0 Å². The first kappa shape index (κ1) is 20.6. The second kappa shape index (κ2) is 9.45. The molecule has 158 valence electrons. The van der Waals surface area contributed by atoms with Crippen molar-refractivity contribution in [3.63, 3.8) is 0 Å². The number of fused-ring (bicyclic) bond motifs is 1. The van der Waals surface area contributed by atoms with E-state index >= 15 is 0 Å². The molecule has 2 aromatic carbocycles. The molecule has 2 heterocycles. The lowest BCUT2D eigenvalue weighted by atomic mass is 10.1. The third-order valence-electron chi connectivity index (χ3n) is 5.28. The lowest BCUT2D eigenvalue weighted by Crippen LogP contribution is -2.35. The fourth-order valence-corrected chi connectivity index (χ4v) is 3.92. The van der Waals surface area contributed by atoms with Crippen LogP contribution < -0.4 is 10.1 Å². The minimum atomic E-state index is -0.275. The normalized spacial score (nSPS) is 16.5. The maximum Gasteiger partial charge on any atom is 0.223 e. The number of amides is 1. The molecule has 0 aliphatic carbocycles. The maximum atomic E-state index is 12.9. The molecule has 1 atom stereocenters. The van der Waals surface area contributed by atoms with Crippen LogP contribution in [0.15, 0.2) is 42.5 Å². The molecule has 1 aliphatic rings. The second-order valence-electron chi connectivity index (χ2n) is 7.40. The van der Waals surface area contributed by atoms with Crippen molar-refractivity contribution in [3.05, 3.63) is 59.1 Å². The highest BCUT2D eigenvalue weighted by atomic mass is 35.5. The van der Waals surface area contributed by atoms with Gasteiger partial charge in [-0.05, 0) is 61.9 Å². The molecule has 1 amide bonds. The van der Waals surface area contributed by atoms with Crippen molar-refractivity contribution >= 4 is 28.5 Å². The molecule has 1 unspecified atom stereocenters. The zero-order chi connectivity index (χ0) is 20.9. The first-order chi connectivity index (χ1) is 14.6. The third kappa shape index (κ3) is 5.09. The van der Waals surface area contributed by atoms with Crippen LogP contribution >= 0.6 is 11.6 Å². The first-order valence-electron chi connectivity index (χ1n) is 10.1. The Morgan fingerprint density at radius 2 is 2.07 bits per heavy atom. The lowest BCUT2D eigenvalue weighted by molar-refractivity contribution is -0.129. The summed E-state index contributed by atoms with van der Waals surface area (Å²) >= 11 is 6.04. The van der Waals surface area contributed by atoms with Crippen LogP contribution in [0.4, 0.5) is 4.39 Å². The third-order valence-corrected chi connectivity index (χ3v) is 5.52. The Morgan fingerprint density at radius 1 is 1.23 bits per heavy atom. The van der Waals surface area contributed by atoms with Gasteiger partial charge in [-0.25, -0.2) is 9.37 Å². The minimum Gasteiger partial charge on any atom is -0.492 e. The number of imidazole rings is 1. The van der Waals surface area contributed by atoms with Gasteiger partial charge in [0.1, 0.15) is 24.0 Å². The number of hydrogen-bond donors (Lipinski definition) is 2. The van der Waals surface area contributed by atoms with Crippen LogP contribution in [0.3, 0.4) is 0 Å². The molecule has 0 spiro atoms. The first-order valence-corrected chi connectivity index (χ1v) is 10.5. The molecule has 1 aromatic heterocycles. The molecule has 0 bridgehead atoms. The SMILES string of the molecule is O=C1CCC(CCNCCOc2ccc(F)cc2)N1Cc1nc2ccc(Cl)cc2[nH]1. The smallest absolute Gasteiger partial charge is 0.223 e. The molecule has 1 saturated heterocycles. The number of aromatic nitrogens is 2. The summed E-state index contributed by atoms with van der Waals surface area (Å²) in [4.78, 5) is 22.1. The molecule has 1 aliphatic heterocycles. The van der Waals surface area contributed by atoms with Gasteiger partial charge in [0.25, 0.3) is 0 Å². The van der Waals surface area contributed by atoms with E-state index in [0.29, 0.717) is 36.9 Å². The Kier molecular flexibility index (Phi) is 6.50. The van der Waals surface area contributed by atoms with Crippen LogP contribution in [0.5, 0.6) is 5.75 Å².